The highest BCUT2D eigenvalue weighted by Crippen LogP contribution is 2.22. The number of nitrogens with zero attached hydrogens (tertiary/aromatic N) is 2. The zero-order valence-electron chi connectivity index (χ0n) is 10.5. The molecule has 0 spiro atoms. The van der Waals surface area contributed by atoms with Crippen molar-refractivity contribution in [2.75, 3.05) is 24.7 Å². The van der Waals surface area contributed by atoms with Crippen molar-refractivity contribution in [3.8, 4) is 0 Å². The lowest BCUT2D eigenvalue weighted by atomic mass is 10.2. The normalized spacial score (nSPS) is 19.8. The van der Waals surface area contributed by atoms with Crippen LogP contribution in [0.3, 0.4) is 0 Å². The minimum absolute atomic E-state index is 0.154. The Kier molecular flexibility index (Phi) is 5.11. The maximum absolute atomic E-state index is 12.2. The summed E-state index contributed by atoms with van der Waals surface area (Å²) in [6, 6.07) is -0.827. The highest BCUT2D eigenvalue weighted by atomic mass is 32.2. The van der Waals surface area contributed by atoms with Crippen molar-refractivity contribution in [1.29, 1.82) is 0 Å². The molecular weight excluding hydrogens is 240 g/mol. The highest BCUT2D eigenvalue weighted by Gasteiger charge is 2.36. The molecule has 1 saturated heterocycles. The highest BCUT2D eigenvalue weighted by molar-refractivity contribution is 7.99. The molecule has 1 fully saturated rings. The minimum Gasteiger partial charge on any atom is -0.480 e. The third kappa shape index (κ3) is 3.52. The first kappa shape index (κ1) is 14.2. The van der Waals surface area contributed by atoms with Crippen LogP contribution in [0.5, 0.6) is 0 Å². The molecule has 1 N–H and O–H groups in total. The van der Waals surface area contributed by atoms with E-state index in [-0.39, 0.29) is 6.03 Å². The van der Waals surface area contributed by atoms with Crippen LogP contribution >= 0.6 is 11.8 Å². The van der Waals surface area contributed by atoms with Gasteiger partial charge in [-0.25, -0.2) is 9.59 Å². The van der Waals surface area contributed by atoms with Gasteiger partial charge in [0.05, 0.1) is 5.88 Å². The van der Waals surface area contributed by atoms with E-state index in [1.54, 1.807) is 4.90 Å². The van der Waals surface area contributed by atoms with Crippen molar-refractivity contribution in [3.63, 3.8) is 0 Å². The molecule has 1 aliphatic heterocycles. The van der Waals surface area contributed by atoms with Crippen LogP contribution in [0.4, 0.5) is 4.79 Å². The summed E-state index contributed by atoms with van der Waals surface area (Å²) in [5.41, 5.74) is 0. The van der Waals surface area contributed by atoms with E-state index < -0.39 is 12.0 Å². The molecule has 1 rings (SSSR count). The van der Waals surface area contributed by atoms with E-state index in [2.05, 4.69) is 0 Å². The smallest absolute Gasteiger partial charge is 0.327 e. The van der Waals surface area contributed by atoms with Gasteiger partial charge in [0, 0.05) is 18.8 Å². The Bertz CT molecular complexity index is 296. The molecule has 0 aromatic heterocycles. The largest absolute Gasteiger partial charge is 0.480 e. The molecule has 1 atom stereocenters. The zero-order valence-corrected chi connectivity index (χ0v) is 11.4. The average molecular weight is 260 g/mol. The maximum atomic E-state index is 12.2. The summed E-state index contributed by atoms with van der Waals surface area (Å²) in [4.78, 5) is 26.4. The Balaban J connectivity index is 2.69. The van der Waals surface area contributed by atoms with Crippen LogP contribution in [-0.2, 0) is 4.79 Å². The monoisotopic (exact) mass is 260 g/mol. The van der Waals surface area contributed by atoms with Crippen LogP contribution in [-0.4, -0.2) is 57.7 Å². The fourth-order valence-corrected chi connectivity index (χ4v) is 2.94. The molecule has 1 aliphatic rings. The second-order valence-corrected chi connectivity index (χ2v) is 5.54. The average Bonchev–Trinajstić information content (AvgIpc) is 2.73. The number of urea groups is 1. The first-order chi connectivity index (χ1) is 7.97. The molecule has 98 valence electrons. The van der Waals surface area contributed by atoms with Crippen molar-refractivity contribution < 1.29 is 14.7 Å². The number of carboxylic acid groups (broad SMARTS) is 1. The standard InChI is InChI=1S/C11H20N2O3S/c1-4-12(5-8(2)3)11(16)13-7-17-6-9(13)10(14)15/h8-9H,4-7H2,1-3H3,(H,14,15)/t9-/m0/s1. The van der Waals surface area contributed by atoms with Crippen LogP contribution in [0, 0.1) is 5.92 Å². The van der Waals surface area contributed by atoms with Gasteiger partial charge in [-0.2, -0.15) is 0 Å². The minimum atomic E-state index is -0.913. The van der Waals surface area contributed by atoms with Crippen molar-refractivity contribution >= 4 is 23.8 Å². The number of thioether (sulfide) groups is 1. The quantitative estimate of drug-likeness (QED) is 0.833. The zero-order chi connectivity index (χ0) is 13.0. The van der Waals surface area contributed by atoms with Gasteiger partial charge in [-0.1, -0.05) is 13.8 Å². The lowest BCUT2D eigenvalue weighted by molar-refractivity contribution is -0.140. The number of carbonyl (C=O) groups excluding carboxylic acids is 1. The van der Waals surface area contributed by atoms with Gasteiger partial charge in [0.2, 0.25) is 0 Å². The molecule has 0 saturated carbocycles. The lowest BCUT2D eigenvalue weighted by Crippen LogP contribution is -2.49. The number of hydrogen-bond donors (Lipinski definition) is 1. The molecule has 6 heteroatoms. The first-order valence-corrected chi connectivity index (χ1v) is 6.98. The molecule has 0 unspecified atom stereocenters. The van der Waals surface area contributed by atoms with E-state index in [0.717, 1.165) is 0 Å². The van der Waals surface area contributed by atoms with Gasteiger partial charge in [-0.15, -0.1) is 11.8 Å². The lowest BCUT2D eigenvalue weighted by Gasteiger charge is -2.30. The van der Waals surface area contributed by atoms with E-state index in [1.807, 2.05) is 20.8 Å². The summed E-state index contributed by atoms with van der Waals surface area (Å²) in [5, 5.41) is 9.04. The molecule has 0 bridgehead atoms. The van der Waals surface area contributed by atoms with Crippen molar-refractivity contribution in [3.05, 3.63) is 0 Å². The van der Waals surface area contributed by atoms with Crippen LogP contribution in [0.25, 0.3) is 0 Å². The Morgan fingerprint density at radius 2 is 2.18 bits per heavy atom. The molecule has 1 heterocycles. The summed E-state index contributed by atoms with van der Waals surface area (Å²) < 4.78 is 0. The third-order valence-electron chi connectivity index (χ3n) is 2.65. The van der Waals surface area contributed by atoms with Crippen molar-refractivity contribution in [1.82, 2.24) is 9.80 Å². The molecule has 0 aromatic rings. The molecule has 0 radical (unpaired) electrons. The van der Waals surface area contributed by atoms with Gasteiger partial charge in [0.15, 0.2) is 0 Å². The number of hydrogen-bond acceptors (Lipinski definition) is 3. The van der Waals surface area contributed by atoms with Gasteiger partial charge in [-0.3, -0.25) is 0 Å². The van der Waals surface area contributed by atoms with Gasteiger partial charge >= 0.3 is 12.0 Å². The van der Waals surface area contributed by atoms with Crippen LogP contribution in [0.2, 0.25) is 0 Å². The first-order valence-electron chi connectivity index (χ1n) is 5.83. The molecule has 2 amide bonds. The summed E-state index contributed by atoms with van der Waals surface area (Å²) >= 11 is 1.49. The number of carboxylic acids is 1. The third-order valence-corrected chi connectivity index (χ3v) is 3.66. The van der Waals surface area contributed by atoms with Crippen molar-refractivity contribution in [2.24, 2.45) is 5.92 Å². The Morgan fingerprint density at radius 3 is 2.65 bits per heavy atom. The van der Waals surface area contributed by atoms with E-state index in [0.29, 0.717) is 30.6 Å². The van der Waals surface area contributed by atoms with Crippen LogP contribution in [0.1, 0.15) is 20.8 Å². The van der Waals surface area contributed by atoms with Gasteiger partial charge in [0.25, 0.3) is 0 Å². The SMILES string of the molecule is CCN(CC(C)C)C(=O)N1CSC[C@H]1C(=O)O. The molecule has 0 aliphatic carbocycles. The number of rotatable bonds is 4. The summed E-state index contributed by atoms with van der Waals surface area (Å²) in [6.07, 6.45) is 0. The summed E-state index contributed by atoms with van der Waals surface area (Å²) in [5.74, 6) is 0.437. The second kappa shape index (κ2) is 6.14. The second-order valence-electron chi connectivity index (χ2n) is 4.54. The number of amides is 2. The van der Waals surface area contributed by atoms with E-state index in [9.17, 15) is 9.59 Å². The predicted molar refractivity (Wildman–Crippen MR) is 68.1 cm³/mol. The number of carbonyl (C=O) groups is 2. The van der Waals surface area contributed by atoms with Gasteiger partial charge < -0.3 is 14.9 Å². The van der Waals surface area contributed by atoms with Gasteiger partial charge in [-0.05, 0) is 12.8 Å². The van der Waals surface area contributed by atoms with E-state index >= 15 is 0 Å². The van der Waals surface area contributed by atoms with E-state index in [1.165, 1.54) is 16.7 Å². The molecular formula is C11H20N2O3S. The Hall–Kier alpha value is -0.910. The molecule has 5 nitrogen and oxygen atoms in total. The number of aliphatic carboxylic acids is 1. The summed E-state index contributed by atoms with van der Waals surface area (Å²) in [6.45, 7) is 7.29. The molecule has 0 aromatic carbocycles. The van der Waals surface area contributed by atoms with Crippen LogP contribution in [0.15, 0.2) is 0 Å². The topological polar surface area (TPSA) is 60.9 Å². The fraction of sp³-hybridized carbons (Fsp3) is 0.818. The van der Waals surface area contributed by atoms with Gasteiger partial charge in [0.1, 0.15) is 6.04 Å². The Labute approximate surface area is 106 Å². The molecule has 17 heavy (non-hydrogen) atoms. The summed E-state index contributed by atoms with van der Waals surface area (Å²) in [7, 11) is 0. The van der Waals surface area contributed by atoms with Crippen molar-refractivity contribution in [2.45, 2.75) is 26.8 Å². The fourth-order valence-electron chi connectivity index (χ4n) is 1.80. The van der Waals surface area contributed by atoms with Crippen LogP contribution < -0.4 is 0 Å². The predicted octanol–water partition coefficient (Wildman–Crippen LogP) is 1.54. The maximum Gasteiger partial charge on any atom is 0.327 e. The van der Waals surface area contributed by atoms with E-state index in [4.69, 9.17) is 5.11 Å². The Morgan fingerprint density at radius 1 is 1.53 bits per heavy atom.